The molecule has 74 valence electrons. The molecule has 4 heteroatoms. The van der Waals surface area contributed by atoms with Crippen LogP contribution in [0.1, 0.15) is 11.3 Å². The number of hydrogen-bond donors (Lipinski definition) is 1. The van der Waals surface area contributed by atoms with E-state index in [2.05, 4.69) is 4.98 Å². The van der Waals surface area contributed by atoms with Gasteiger partial charge in [-0.3, -0.25) is 9.78 Å². The molecule has 1 aliphatic carbocycles. The molecule has 0 fully saturated rings. The fourth-order valence-electron chi connectivity index (χ4n) is 2.00. The second-order valence-electron chi connectivity index (χ2n) is 3.63. The highest BCUT2D eigenvalue weighted by Gasteiger charge is 2.31. The Balaban J connectivity index is 2.25. The third-order valence-electron chi connectivity index (χ3n) is 2.66. The number of Topliss-reactive ketones (excluding diaryl/α,β-unsaturated/α-hetero) is 1. The van der Waals surface area contributed by atoms with Crippen molar-refractivity contribution in [2.24, 2.45) is 0 Å². The molecule has 0 aromatic carbocycles. The second-order valence-corrected chi connectivity index (χ2v) is 3.63. The van der Waals surface area contributed by atoms with E-state index in [4.69, 9.17) is 0 Å². The number of carbonyl (C=O) groups excluding carboxylic acids is 1. The van der Waals surface area contributed by atoms with E-state index in [0.29, 0.717) is 17.6 Å². The van der Waals surface area contributed by atoms with Crippen LogP contribution in [-0.2, 0) is 11.2 Å². The Morgan fingerprint density at radius 2 is 2.13 bits per heavy atom. The lowest BCUT2D eigenvalue weighted by Gasteiger charge is -2.14. The fourth-order valence-corrected chi connectivity index (χ4v) is 2.00. The molecular formula is C11H8N2O2. The molecule has 0 radical (unpaired) electrons. The number of ketones is 1. The first kappa shape index (κ1) is 8.52. The van der Waals surface area contributed by atoms with Gasteiger partial charge in [-0.25, -0.2) is 0 Å². The van der Waals surface area contributed by atoms with Crippen LogP contribution in [0.5, 0.6) is 0 Å². The van der Waals surface area contributed by atoms with Crippen molar-refractivity contribution in [3.05, 3.63) is 52.8 Å². The molecule has 0 saturated heterocycles. The van der Waals surface area contributed by atoms with Crippen LogP contribution in [0.15, 0.2) is 36.3 Å². The van der Waals surface area contributed by atoms with Gasteiger partial charge in [0.1, 0.15) is 12.4 Å². The van der Waals surface area contributed by atoms with E-state index in [-0.39, 0.29) is 10.8 Å². The zero-order chi connectivity index (χ0) is 10.4. The van der Waals surface area contributed by atoms with E-state index in [1.54, 1.807) is 12.3 Å². The molecule has 1 atom stereocenters. The Labute approximate surface area is 86.1 Å². The maximum Gasteiger partial charge on any atom is 0.173 e. The van der Waals surface area contributed by atoms with Crippen LogP contribution in [0, 0.1) is 5.21 Å². The maximum absolute atomic E-state index is 11.7. The van der Waals surface area contributed by atoms with Crippen molar-refractivity contribution in [2.75, 3.05) is 0 Å². The summed E-state index contributed by atoms with van der Waals surface area (Å²) in [5.74, 6) is 0.00704. The highest BCUT2D eigenvalue weighted by molar-refractivity contribution is 6.13. The van der Waals surface area contributed by atoms with Gasteiger partial charge in [0.05, 0.1) is 16.8 Å². The van der Waals surface area contributed by atoms with Crippen molar-refractivity contribution in [3.8, 4) is 0 Å². The molecule has 0 bridgehead atoms. The monoisotopic (exact) mass is 200 g/mol. The van der Waals surface area contributed by atoms with Crippen molar-refractivity contribution < 1.29 is 9.86 Å². The van der Waals surface area contributed by atoms with E-state index in [1.165, 1.54) is 12.4 Å². The fraction of sp³-hybridized carbons (Fsp3) is 0.0909. The lowest BCUT2D eigenvalue weighted by Crippen LogP contribution is -2.96. The van der Waals surface area contributed by atoms with Crippen LogP contribution >= 0.6 is 0 Å². The lowest BCUT2D eigenvalue weighted by molar-refractivity contribution is -0.726. The average Bonchev–Trinajstić information content (AvgIpc) is 2.61. The SMILES string of the molecule is O=C1Cc2cccnc2C2=C[NH+]([O-])C=C12. The van der Waals surface area contributed by atoms with Crippen LogP contribution in [0.2, 0.25) is 0 Å². The van der Waals surface area contributed by atoms with E-state index in [0.717, 1.165) is 11.3 Å². The summed E-state index contributed by atoms with van der Waals surface area (Å²) < 4.78 is 0. The van der Waals surface area contributed by atoms with Crippen LogP contribution in [0.25, 0.3) is 5.57 Å². The van der Waals surface area contributed by atoms with Gasteiger partial charge < -0.3 is 10.3 Å². The minimum absolute atomic E-state index is 0.00704. The Bertz CT molecular complexity index is 517. The van der Waals surface area contributed by atoms with Gasteiger partial charge in [0.15, 0.2) is 5.78 Å². The predicted octanol–water partition coefficient (Wildman–Crippen LogP) is -0.172. The number of aromatic nitrogens is 1. The summed E-state index contributed by atoms with van der Waals surface area (Å²) in [6.45, 7) is 0. The number of quaternary nitrogens is 1. The van der Waals surface area contributed by atoms with Gasteiger partial charge in [0, 0.05) is 12.6 Å². The summed E-state index contributed by atoms with van der Waals surface area (Å²) in [7, 11) is 0. The lowest BCUT2D eigenvalue weighted by atomic mass is 9.88. The molecule has 0 saturated carbocycles. The Hall–Kier alpha value is -1.78. The molecule has 15 heavy (non-hydrogen) atoms. The van der Waals surface area contributed by atoms with Gasteiger partial charge in [-0.1, -0.05) is 6.07 Å². The van der Waals surface area contributed by atoms with E-state index in [1.807, 2.05) is 6.07 Å². The predicted molar refractivity (Wildman–Crippen MR) is 53.3 cm³/mol. The molecular weight excluding hydrogens is 192 g/mol. The number of carbonyl (C=O) groups is 1. The topological polar surface area (TPSA) is 57.5 Å². The standard InChI is InChI=1S/C11H8N2O2/c14-10-4-7-2-1-3-12-11(7)9-6-13(15)5-8(9)10/h1-3,5-6,13H,4H2. The Morgan fingerprint density at radius 3 is 3.00 bits per heavy atom. The highest BCUT2D eigenvalue weighted by Crippen LogP contribution is 2.31. The minimum atomic E-state index is -0.119. The first-order valence-electron chi connectivity index (χ1n) is 4.71. The molecule has 3 rings (SSSR count). The highest BCUT2D eigenvalue weighted by atomic mass is 16.5. The summed E-state index contributed by atoms with van der Waals surface area (Å²) >= 11 is 0. The molecule has 2 heterocycles. The van der Waals surface area contributed by atoms with Gasteiger partial charge >= 0.3 is 0 Å². The van der Waals surface area contributed by atoms with Gasteiger partial charge in [0.2, 0.25) is 0 Å². The molecule has 1 aromatic rings. The summed E-state index contributed by atoms with van der Waals surface area (Å²) in [6.07, 6.45) is 4.91. The molecule has 1 unspecified atom stereocenters. The van der Waals surface area contributed by atoms with Gasteiger partial charge in [-0.2, -0.15) is 0 Å². The van der Waals surface area contributed by atoms with Crippen molar-refractivity contribution in [2.45, 2.75) is 6.42 Å². The third-order valence-corrected chi connectivity index (χ3v) is 2.66. The first-order chi connectivity index (χ1) is 7.25. The number of allylic oxidation sites excluding steroid dienone is 2. The maximum atomic E-state index is 11.7. The number of nitrogens with zero attached hydrogens (tertiary/aromatic N) is 1. The average molecular weight is 200 g/mol. The van der Waals surface area contributed by atoms with Crippen molar-refractivity contribution in [1.82, 2.24) is 4.98 Å². The van der Waals surface area contributed by atoms with Crippen LogP contribution in [0.4, 0.5) is 0 Å². The number of rotatable bonds is 0. The Kier molecular flexibility index (Phi) is 1.62. The first-order valence-corrected chi connectivity index (χ1v) is 4.71. The molecule has 4 nitrogen and oxygen atoms in total. The van der Waals surface area contributed by atoms with Crippen molar-refractivity contribution in [3.63, 3.8) is 0 Å². The second kappa shape index (κ2) is 2.85. The molecule has 1 N–H and O–H groups in total. The molecule has 2 aliphatic rings. The van der Waals surface area contributed by atoms with Gasteiger partial charge in [-0.05, 0) is 11.6 Å². The summed E-state index contributed by atoms with van der Waals surface area (Å²) in [5.41, 5.74) is 2.88. The molecule has 0 amide bonds. The molecule has 1 aliphatic heterocycles. The van der Waals surface area contributed by atoms with E-state index >= 15 is 0 Å². The van der Waals surface area contributed by atoms with Gasteiger partial charge in [-0.15, -0.1) is 0 Å². The van der Waals surface area contributed by atoms with Crippen LogP contribution < -0.4 is 5.06 Å². The largest absolute Gasteiger partial charge is 0.624 e. The van der Waals surface area contributed by atoms with Crippen LogP contribution in [-0.4, -0.2) is 10.8 Å². The number of hydroxylamine groups is 2. The smallest absolute Gasteiger partial charge is 0.173 e. The van der Waals surface area contributed by atoms with E-state index < -0.39 is 0 Å². The minimum Gasteiger partial charge on any atom is -0.624 e. The van der Waals surface area contributed by atoms with Crippen LogP contribution in [0.3, 0.4) is 0 Å². The number of hydrogen-bond acceptors (Lipinski definition) is 3. The van der Waals surface area contributed by atoms with E-state index in [9.17, 15) is 10.0 Å². The molecule has 0 spiro atoms. The Morgan fingerprint density at radius 1 is 1.33 bits per heavy atom. The summed E-state index contributed by atoms with van der Waals surface area (Å²) in [4.78, 5) is 15.9. The number of pyridine rings is 1. The summed E-state index contributed by atoms with van der Waals surface area (Å²) in [6, 6.07) is 3.68. The zero-order valence-electron chi connectivity index (χ0n) is 7.86. The van der Waals surface area contributed by atoms with Gasteiger partial charge in [0.25, 0.3) is 0 Å². The number of fused-ring (bicyclic) bond motifs is 3. The quantitative estimate of drug-likeness (QED) is 0.591. The van der Waals surface area contributed by atoms with Crippen molar-refractivity contribution in [1.29, 1.82) is 0 Å². The summed E-state index contributed by atoms with van der Waals surface area (Å²) in [5, 5.41) is 11.1. The normalized spacial score (nSPS) is 23.0. The third kappa shape index (κ3) is 1.16. The molecule has 1 aromatic heterocycles. The zero-order valence-corrected chi connectivity index (χ0v) is 7.86. The van der Waals surface area contributed by atoms with Crippen molar-refractivity contribution >= 4 is 11.4 Å². The number of nitrogens with one attached hydrogen (secondary N) is 1.